The highest BCUT2D eigenvalue weighted by atomic mass is 14.2. The highest BCUT2D eigenvalue weighted by molar-refractivity contribution is 6.49. The van der Waals surface area contributed by atoms with Gasteiger partial charge in [0.2, 0.25) is 0 Å². The van der Waals surface area contributed by atoms with Crippen molar-refractivity contribution in [3.63, 3.8) is 0 Å². The molecule has 0 saturated carbocycles. The van der Waals surface area contributed by atoms with Gasteiger partial charge in [0.15, 0.2) is 7.28 Å². The van der Waals surface area contributed by atoms with Crippen LogP contribution in [0.2, 0.25) is 5.31 Å². The van der Waals surface area contributed by atoms with Gasteiger partial charge >= 0.3 is 0 Å². The van der Waals surface area contributed by atoms with E-state index in [1.165, 1.54) is 11.0 Å². The fourth-order valence-electron chi connectivity index (χ4n) is 1.54. The lowest BCUT2D eigenvalue weighted by atomic mass is 9.45. The number of hydrogen-bond donors (Lipinski definition) is 0. The van der Waals surface area contributed by atoms with E-state index in [1.54, 1.807) is 0 Å². The molecule has 0 aliphatic heterocycles. The van der Waals surface area contributed by atoms with Gasteiger partial charge in [-0.2, -0.15) is 0 Å². The Morgan fingerprint density at radius 2 is 1.23 bits per heavy atom. The average molecular weight is 179 g/mol. The van der Waals surface area contributed by atoms with E-state index in [0.717, 1.165) is 0 Å². The lowest BCUT2D eigenvalue weighted by molar-refractivity contribution is 0.519. The van der Waals surface area contributed by atoms with Crippen LogP contribution in [-0.4, -0.2) is 7.28 Å². The SMILES string of the molecule is CC(C)=C([B]C(C)(C)C)C(C)(C)C. The van der Waals surface area contributed by atoms with Crippen molar-refractivity contribution < 1.29 is 0 Å². The molecule has 0 unspecified atom stereocenters. The molecule has 0 amide bonds. The van der Waals surface area contributed by atoms with Gasteiger partial charge in [-0.25, -0.2) is 0 Å². The first-order valence-electron chi connectivity index (χ1n) is 5.08. The van der Waals surface area contributed by atoms with Crippen LogP contribution in [0.4, 0.5) is 0 Å². The molecule has 0 fully saturated rings. The molecule has 0 atom stereocenters. The van der Waals surface area contributed by atoms with Gasteiger partial charge in [0.05, 0.1) is 0 Å². The van der Waals surface area contributed by atoms with Crippen LogP contribution in [0.1, 0.15) is 55.4 Å². The zero-order valence-electron chi connectivity index (χ0n) is 10.6. The maximum Gasteiger partial charge on any atom is 0.152 e. The van der Waals surface area contributed by atoms with E-state index in [9.17, 15) is 0 Å². The molecule has 13 heavy (non-hydrogen) atoms. The van der Waals surface area contributed by atoms with Gasteiger partial charge in [-0.15, -0.1) is 5.47 Å². The first-order chi connectivity index (χ1) is 5.54. The molecule has 0 N–H and O–H groups in total. The number of hydrogen-bond acceptors (Lipinski definition) is 0. The Bertz CT molecular complexity index is 194. The molecule has 0 bridgehead atoms. The third-order valence-electron chi connectivity index (χ3n) is 1.92. The van der Waals surface area contributed by atoms with Gasteiger partial charge in [-0.1, -0.05) is 52.4 Å². The Morgan fingerprint density at radius 1 is 0.846 bits per heavy atom. The van der Waals surface area contributed by atoms with Crippen molar-refractivity contribution in [1.29, 1.82) is 0 Å². The summed E-state index contributed by atoms with van der Waals surface area (Å²) in [7, 11) is 2.39. The van der Waals surface area contributed by atoms with Crippen LogP contribution in [0.3, 0.4) is 0 Å². The number of allylic oxidation sites excluding steroid dienone is 2. The molecule has 0 aromatic heterocycles. The molecule has 0 saturated heterocycles. The quantitative estimate of drug-likeness (QED) is 0.528. The Kier molecular flexibility index (Phi) is 3.84. The summed E-state index contributed by atoms with van der Waals surface area (Å²) < 4.78 is 0. The Hall–Kier alpha value is -0.195. The fraction of sp³-hybridized carbons (Fsp3) is 0.833. The summed E-state index contributed by atoms with van der Waals surface area (Å²) in [5, 5.41) is 0.278. The van der Waals surface area contributed by atoms with E-state index in [4.69, 9.17) is 0 Å². The van der Waals surface area contributed by atoms with Gasteiger partial charge < -0.3 is 0 Å². The van der Waals surface area contributed by atoms with Crippen LogP contribution >= 0.6 is 0 Å². The first-order valence-corrected chi connectivity index (χ1v) is 5.08. The molecule has 1 heteroatoms. The van der Waals surface area contributed by atoms with E-state index in [0.29, 0.717) is 0 Å². The van der Waals surface area contributed by atoms with Crippen LogP contribution in [0.15, 0.2) is 11.0 Å². The van der Waals surface area contributed by atoms with Gasteiger partial charge in [-0.05, 0) is 19.3 Å². The van der Waals surface area contributed by atoms with Crippen molar-refractivity contribution in [3.05, 3.63) is 11.0 Å². The van der Waals surface area contributed by atoms with Crippen LogP contribution in [-0.2, 0) is 0 Å². The largest absolute Gasteiger partial charge is 0.152 e. The summed E-state index contributed by atoms with van der Waals surface area (Å²) in [6, 6.07) is 0. The minimum Gasteiger partial charge on any atom is -0.104 e. The summed E-state index contributed by atoms with van der Waals surface area (Å²) in [6.07, 6.45) is 0. The van der Waals surface area contributed by atoms with E-state index >= 15 is 0 Å². The molecule has 75 valence electrons. The van der Waals surface area contributed by atoms with E-state index in [-0.39, 0.29) is 10.7 Å². The summed E-state index contributed by atoms with van der Waals surface area (Å²) in [5.41, 5.74) is 3.19. The highest BCUT2D eigenvalue weighted by Gasteiger charge is 2.24. The van der Waals surface area contributed by atoms with Crippen molar-refractivity contribution in [3.8, 4) is 0 Å². The van der Waals surface area contributed by atoms with Crippen LogP contribution < -0.4 is 0 Å². The Balaban J connectivity index is 4.80. The normalized spacial score (nSPS) is 12.6. The molecular formula is C12H24B. The maximum atomic E-state index is 2.39. The van der Waals surface area contributed by atoms with Gasteiger partial charge in [0, 0.05) is 0 Å². The minimum absolute atomic E-state index is 0.270. The zero-order valence-corrected chi connectivity index (χ0v) is 10.6. The van der Waals surface area contributed by atoms with E-state index < -0.39 is 0 Å². The molecule has 0 nitrogen and oxygen atoms in total. The smallest absolute Gasteiger partial charge is 0.104 e. The van der Waals surface area contributed by atoms with E-state index in [1.807, 2.05) is 0 Å². The highest BCUT2D eigenvalue weighted by Crippen LogP contribution is 2.34. The second-order valence-electron chi connectivity index (χ2n) is 6.17. The molecule has 0 heterocycles. The van der Waals surface area contributed by atoms with Crippen molar-refractivity contribution in [2.75, 3.05) is 0 Å². The molecular weight excluding hydrogens is 155 g/mol. The standard InChI is InChI=1S/C12H24B/c1-9(2)10(11(3,4)5)13-12(6,7)8/h1-8H3. The summed E-state index contributed by atoms with van der Waals surface area (Å²) in [4.78, 5) is 0. The summed E-state index contributed by atoms with van der Waals surface area (Å²) >= 11 is 0. The Labute approximate surface area is 85.1 Å². The molecule has 0 aliphatic carbocycles. The van der Waals surface area contributed by atoms with Gasteiger partial charge in [0.25, 0.3) is 0 Å². The minimum atomic E-state index is 0.270. The number of rotatable bonds is 1. The predicted molar refractivity (Wildman–Crippen MR) is 63.3 cm³/mol. The summed E-state index contributed by atoms with van der Waals surface area (Å²) in [6.45, 7) is 18.0. The van der Waals surface area contributed by atoms with Crippen molar-refractivity contribution in [1.82, 2.24) is 0 Å². The topological polar surface area (TPSA) is 0 Å². The van der Waals surface area contributed by atoms with Gasteiger partial charge in [0.1, 0.15) is 0 Å². The second-order valence-corrected chi connectivity index (χ2v) is 6.17. The molecule has 0 aromatic rings. The molecule has 0 aromatic carbocycles. The van der Waals surface area contributed by atoms with Gasteiger partial charge in [-0.3, -0.25) is 0 Å². The molecule has 1 radical (unpaired) electrons. The monoisotopic (exact) mass is 179 g/mol. The molecule has 0 spiro atoms. The Morgan fingerprint density at radius 3 is 1.31 bits per heavy atom. The lowest BCUT2D eigenvalue weighted by Gasteiger charge is -2.30. The van der Waals surface area contributed by atoms with E-state index in [2.05, 4.69) is 62.7 Å². The van der Waals surface area contributed by atoms with Crippen molar-refractivity contribution >= 4 is 7.28 Å². The molecule has 0 rings (SSSR count). The van der Waals surface area contributed by atoms with Crippen LogP contribution in [0, 0.1) is 5.41 Å². The zero-order chi connectivity index (χ0) is 10.9. The second kappa shape index (κ2) is 3.90. The lowest BCUT2D eigenvalue weighted by Crippen LogP contribution is -2.22. The molecule has 0 aliphatic rings. The first kappa shape index (κ1) is 12.8. The fourth-order valence-corrected chi connectivity index (χ4v) is 1.54. The van der Waals surface area contributed by atoms with Crippen molar-refractivity contribution in [2.45, 2.75) is 60.7 Å². The predicted octanol–water partition coefficient (Wildman–Crippen LogP) is 4.25. The third kappa shape index (κ3) is 5.18. The van der Waals surface area contributed by atoms with Crippen molar-refractivity contribution in [2.24, 2.45) is 5.41 Å². The van der Waals surface area contributed by atoms with Crippen LogP contribution in [0.25, 0.3) is 0 Å². The summed E-state index contributed by atoms with van der Waals surface area (Å²) in [5.74, 6) is 0. The van der Waals surface area contributed by atoms with Crippen LogP contribution in [0.5, 0.6) is 0 Å². The maximum absolute atomic E-state index is 2.39. The average Bonchev–Trinajstić information content (AvgIpc) is 1.77. The third-order valence-corrected chi connectivity index (χ3v) is 1.92.